The number of aryl methyl sites for hydroxylation is 1. The van der Waals surface area contributed by atoms with E-state index in [4.69, 9.17) is 0 Å². The van der Waals surface area contributed by atoms with Crippen LogP contribution in [-0.2, 0) is 0 Å². The molecule has 0 bridgehead atoms. The van der Waals surface area contributed by atoms with E-state index in [-0.39, 0.29) is 0 Å². The molecule has 1 aliphatic carbocycles. The minimum Gasteiger partial charge on any atom is -0.366 e. The van der Waals surface area contributed by atoms with Gasteiger partial charge in [-0.25, -0.2) is 4.98 Å². The van der Waals surface area contributed by atoms with Crippen molar-refractivity contribution < 1.29 is 0 Å². The Kier molecular flexibility index (Phi) is 2.85. The second-order valence-corrected chi connectivity index (χ2v) is 4.69. The summed E-state index contributed by atoms with van der Waals surface area (Å²) in [5.41, 5.74) is 2.67. The van der Waals surface area contributed by atoms with Gasteiger partial charge in [-0.2, -0.15) is 0 Å². The van der Waals surface area contributed by atoms with Crippen molar-refractivity contribution in [2.24, 2.45) is 0 Å². The molecule has 1 aromatic heterocycles. The number of fused-ring (bicyclic) bond motifs is 1. The fourth-order valence-electron chi connectivity index (χ4n) is 2.24. The monoisotopic (exact) mass is 236 g/mol. The van der Waals surface area contributed by atoms with Crippen LogP contribution < -0.4 is 5.32 Å². The van der Waals surface area contributed by atoms with Crippen molar-refractivity contribution in [3.63, 3.8) is 0 Å². The summed E-state index contributed by atoms with van der Waals surface area (Å²) in [5, 5.41) is 5.87. The number of allylic oxidation sites excluding steroid dienone is 3. The fourth-order valence-corrected chi connectivity index (χ4v) is 2.24. The van der Waals surface area contributed by atoms with Crippen LogP contribution >= 0.6 is 0 Å². The van der Waals surface area contributed by atoms with Crippen LogP contribution in [0, 0.1) is 6.92 Å². The van der Waals surface area contributed by atoms with Gasteiger partial charge in [0.1, 0.15) is 5.82 Å². The van der Waals surface area contributed by atoms with E-state index >= 15 is 0 Å². The van der Waals surface area contributed by atoms with Gasteiger partial charge in [-0.3, -0.25) is 0 Å². The zero-order chi connectivity index (χ0) is 12.4. The number of nitrogens with one attached hydrogen (secondary N) is 1. The van der Waals surface area contributed by atoms with Gasteiger partial charge >= 0.3 is 0 Å². The highest BCUT2D eigenvalue weighted by molar-refractivity contribution is 5.92. The lowest BCUT2D eigenvalue weighted by Gasteiger charge is -2.09. The first-order valence-corrected chi connectivity index (χ1v) is 6.27. The first-order chi connectivity index (χ1) is 8.83. The lowest BCUT2D eigenvalue weighted by Crippen LogP contribution is -2.05. The molecule has 1 N–H and O–H groups in total. The molecule has 0 spiro atoms. The third-order valence-electron chi connectivity index (χ3n) is 3.25. The van der Waals surface area contributed by atoms with Crippen molar-refractivity contribution in [2.75, 3.05) is 11.9 Å². The molecule has 18 heavy (non-hydrogen) atoms. The predicted molar refractivity (Wildman–Crippen MR) is 76.8 cm³/mol. The smallest absolute Gasteiger partial charge is 0.134 e. The van der Waals surface area contributed by atoms with E-state index in [0.717, 1.165) is 18.8 Å². The molecule has 1 heterocycles. The molecule has 0 saturated heterocycles. The van der Waals surface area contributed by atoms with Crippen LogP contribution in [0.4, 0.5) is 5.82 Å². The summed E-state index contributed by atoms with van der Waals surface area (Å²) >= 11 is 0. The topological polar surface area (TPSA) is 24.9 Å². The Morgan fingerprint density at radius 2 is 2.22 bits per heavy atom. The van der Waals surface area contributed by atoms with Gasteiger partial charge in [0.15, 0.2) is 0 Å². The Labute approximate surface area is 107 Å². The quantitative estimate of drug-likeness (QED) is 0.875. The maximum absolute atomic E-state index is 4.45. The van der Waals surface area contributed by atoms with Crippen LogP contribution in [0.1, 0.15) is 12.0 Å². The van der Waals surface area contributed by atoms with Gasteiger partial charge in [-0.1, -0.05) is 35.9 Å². The molecule has 2 heteroatoms. The molecule has 0 saturated carbocycles. The molecule has 0 unspecified atom stereocenters. The Balaban J connectivity index is 1.88. The van der Waals surface area contributed by atoms with Gasteiger partial charge in [-0.15, -0.1) is 0 Å². The molecule has 1 aromatic carbocycles. The van der Waals surface area contributed by atoms with Crippen LogP contribution in [-0.4, -0.2) is 11.5 Å². The average molecular weight is 236 g/mol. The van der Waals surface area contributed by atoms with E-state index in [1.54, 1.807) is 0 Å². The van der Waals surface area contributed by atoms with Crippen molar-refractivity contribution in [3.05, 3.63) is 59.8 Å². The molecular weight excluding hydrogens is 220 g/mol. The van der Waals surface area contributed by atoms with Crippen molar-refractivity contribution >= 4 is 16.6 Å². The Hall–Kier alpha value is -2.09. The zero-order valence-corrected chi connectivity index (χ0v) is 10.5. The Bertz CT molecular complexity index is 639. The average Bonchev–Trinajstić information content (AvgIpc) is 2.89. The molecule has 0 fully saturated rings. The second-order valence-electron chi connectivity index (χ2n) is 4.69. The van der Waals surface area contributed by atoms with Crippen molar-refractivity contribution in [1.29, 1.82) is 0 Å². The van der Waals surface area contributed by atoms with E-state index in [0.29, 0.717) is 0 Å². The number of nitrogens with zero attached hydrogens (tertiary/aromatic N) is 1. The molecule has 0 radical (unpaired) electrons. The number of hydrogen-bond acceptors (Lipinski definition) is 2. The van der Waals surface area contributed by atoms with Crippen LogP contribution in [0.25, 0.3) is 10.8 Å². The van der Waals surface area contributed by atoms with Crippen LogP contribution in [0.5, 0.6) is 0 Å². The number of aromatic nitrogens is 1. The number of pyridine rings is 1. The number of anilines is 1. The first kappa shape index (κ1) is 11.0. The summed E-state index contributed by atoms with van der Waals surface area (Å²) in [5.74, 6) is 0.976. The highest BCUT2D eigenvalue weighted by Crippen LogP contribution is 2.22. The third-order valence-corrected chi connectivity index (χ3v) is 3.25. The van der Waals surface area contributed by atoms with E-state index in [1.807, 2.05) is 6.20 Å². The molecule has 2 aromatic rings. The van der Waals surface area contributed by atoms with Gasteiger partial charge in [0.05, 0.1) is 0 Å². The summed E-state index contributed by atoms with van der Waals surface area (Å²) in [6, 6.07) is 8.52. The van der Waals surface area contributed by atoms with E-state index < -0.39 is 0 Å². The third kappa shape index (κ3) is 2.14. The summed E-state index contributed by atoms with van der Waals surface area (Å²) < 4.78 is 0. The molecule has 0 atom stereocenters. The minimum absolute atomic E-state index is 0.868. The van der Waals surface area contributed by atoms with Gasteiger partial charge < -0.3 is 5.32 Å². The second kappa shape index (κ2) is 4.65. The molecule has 3 rings (SSSR count). The van der Waals surface area contributed by atoms with Gasteiger partial charge in [0, 0.05) is 18.1 Å². The summed E-state index contributed by atoms with van der Waals surface area (Å²) in [7, 11) is 0. The minimum atomic E-state index is 0.868. The van der Waals surface area contributed by atoms with E-state index in [2.05, 4.69) is 59.7 Å². The molecule has 2 nitrogen and oxygen atoms in total. The largest absolute Gasteiger partial charge is 0.366 e. The van der Waals surface area contributed by atoms with Gasteiger partial charge in [-0.05, 0) is 36.4 Å². The van der Waals surface area contributed by atoms with Crippen LogP contribution in [0.2, 0.25) is 0 Å². The van der Waals surface area contributed by atoms with Crippen molar-refractivity contribution in [2.45, 2.75) is 13.3 Å². The van der Waals surface area contributed by atoms with Crippen molar-refractivity contribution in [3.8, 4) is 0 Å². The lowest BCUT2D eigenvalue weighted by molar-refractivity contribution is 1.12. The normalized spacial score (nSPS) is 13.9. The van der Waals surface area contributed by atoms with E-state index in [1.165, 1.54) is 21.9 Å². The molecule has 90 valence electrons. The zero-order valence-electron chi connectivity index (χ0n) is 10.5. The van der Waals surface area contributed by atoms with Crippen LogP contribution in [0.3, 0.4) is 0 Å². The molecular formula is C16H16N2. The fraction of sp³-hybridized carbons (Fsp3) is 0.188. The summed E-state index contributed by atoms with van der Waals surface area (Å²) in [4.78, 5) is 4.45. The number of rotatable bonds is 3. The van der Waals surface area contributed by atoms with Crippen LogP contribution in [0.15, 0.2) is 54.3 Å². The number of hydrogen-bond donors (Lipinski definition) is 1. The standard InChI is InChI=1S/C16H16N2/c1-12-6-7-14-8-9-17-16(15(14)10-12)18-11-13-4-2-3-5-13/h2-4,6-10H,5,11H2,1H3,(H,17,18). The molecule has 0 aliphatic heterocycles. The van der Waals surface area contributed by atoms with Gasteiger partial charge in [0.2, 0.25) is 0 Å². The summed E-state index contributed by atoms with van der Waals surface area (Å²) in [6.07, 6.45) is 9.37. The van der Waals surface area contributed by atoms with Crippen molar-refractivity contribution in [1.82, 2.24) is 4.98 Å². The van der Waals surface area contributed by atoms with Gasteiger partial charge in [0.25, 0.3) is 0 Å². The lowest BCUT2D eigenvalue weighted by atomic mass is 10.1. The number of benzene rings is 1. The molecule has 0 amide bonds. The summed E-state index contributed by atoms with van der Waals surface area (Å²) in [6.45, 7) is 2.98. The highest BCUT2D eigenvalue weighted by Gasteiger charge is 2.04. The Morgan fingerprint density at radius 1 is 1.28 bits per heavy atom. The van der Waals surface area contributed by atoms with E-state index in [9.17, 15) is 0 Å². The first-order valence-electron chi connectivity index (χ1n) is 6.27. The maximum Gasteiger partial charge on any atom is 0.134 e. The Morgan fingerprint density at radius 3 is 3.06 bits per heavy atom. The SMILES string of the molecule is Cc1ccc2ccnc(NCC3=CC=CC3)c2c1. The molecule has 1 aliphatic rings. The highest BCUT2D eigenvalue weighted by atomic mass is 15.0. The predicted octanol–water partition coefficient (Wildman–Crippen LogP) is 3.84. The maximum atomic E-state index is 4.45.